The summed E-state index contributed by atoms with van der Waals surface area (Å²) in [5.74, 6) is -0.607. The number of hydrogen-bond donors (Lipinski definition) is 2. The van der Waals surface area contributed by atoms with Crippen molar-refractivity contribution in [1.82, 2.24) is 10.3 Å². The highest BCUT2D eigenvalue weighted by molar-refractivity contribution is 6.35. The van der Waals surface area contributed by atoms with Gasteiger partial charge < -0.3 is 10.6 Å². The monoisotopic (exact) mass is 313 g/mol. The van der Waals surface area contributed by atoms with E-state index in [4.69, 9.17) is 23.2 Å². The molecule has 0 fully saturated rings. The molecule has 2 amide bonds. The summed E-state index contributed by atoms with van der Waals surface area (Å²) in [4.78, 5) is 15.1. The molecule has 0 saturated heterocycles. The maximum atomic E-state index is 12.6. The summed E-state index contributed by atoms with van der Waals surface area (Å²) in [7, 11) is 0. The Morgan fingerprint density at radius 2 is 2.05 bits per heavy atom. The Labute approximate surface area is 124 Å². The van der Waals surface area contributed by atoms with Crippen LogP contribution in [-0.2, 0) is 6.54 Å². The molecule has 0 aliphatic carbocycles. The maximum absolute atomic E-state index is 12.6. The first kappa shape index (κ1) is 14.6. The molecule has 2 N–H and O–H groups in total. The van der Waals surface area contributed by atoms with Crippen molar-refractivity contribution >= 4 is 34.9 Å². The summed E-state index contributed by atoms with van der Waals surface area (Å²) in [5, 5.41) is 6.15. The summed E-state index contributed by atoms with van der Waals surface area (Å²) in [6, 6.07) is 7.14. The number of carbonyl (C=O) groups is 1. The van der Waals surface area contributed by atoms with Crippen LogP contribution >= 0.6 is 23.2 Å². The zero-order valence-electron chi connectivity index (χ0n) is 10.2. The number of anilines is 1. The average molecular weight is 314 g/mol. The van der Waals surface area contributed by atoms with Crippen LogP contribution in [0.1, 0.15) is 5.56 Å². The topological polar surface area (TPSA) is 54.0 Å². The highest BCUT2D eigenvalue weighted by Crippen LogP contribution is 2.20. The minimum absolute atomic E-state index is 0.246. The lowest BCUT2D eigenvalue weighted by molar-refractivity contribution is 0.251. The van der Waals surface area contributed by atoms with Crippen LogP contribution in [0.15, 0.2) is 36.5 Å². The molecule has 1 aromatic carbocycles. The lowest BCUT2D eigenvalue weighted by Crippen LogP contribution is -2.28. The number of urea groups is 1. The predicted octanol–water partition coefficient (Wildman–Crippen LogP) is 3.85. The number of nitrogens with zero attached hydrogens (tertiary/aromatic N) is 1. The molecule has 1 aromatic heterocycles. The molecule has 7 heteroatoms. The Balaban J connectivity index is 1.90. The largest absolute Gasteiger partial charge is 0.334 e. The first-order valence-corrected chi connectivity index (χ1v) is 6.40. The van der Waals surface area contributed by atoms with E-state index >= 15 is 0 Å². The van der Waals surface area contributed by atoms with Crippen LogP contribution in [0.2, 0.25) is 10.0 Å². The molecule has 2 rings (SSSR count). The third-order valence-electron chi connectivity index (χ3n) is 2.44. The van der Waals surface area contributed by atoms with Crippen LogP contribution in [0.3, 0.4) is 0 Å². The number of rotatable bonds is 3. The van der Waals surface area contributed by atoms with E-state index in [0.29, 0.717) is 15.7 Å². The maximum Gasteiger partial charge on any atom is 0.319 e. The van der Waals surface area contributed by atoms with Crippen molar-refractivity contribution in [2.45, 2.75) is 6.54 Å². The van der Waals surface area contributed by atoms with Crippen molar-refractivity contribution in [3.8, 4) is 0 Å². The number of benzene rings is 1. The van der Waals surface area contributed by atoms with Gasteiger partial charge in [-0.15, -0.1) is 0 Å². The summed E-state index contributed by atoms with van der Waals surface area (Å²) >= 11 is 11.8. The van der Waals surface area contributed by atoms with Crippen molar-refractivity contribution in [3.63, 3.8) is 0 Å². The van der Waals surface area contributed by atoms with Crippen LogP contribution in [-0.4, -0.2) is 11.0 Å². The van der Waals surface area contributed by atoms with Gasteiger partial charge in [0.15, 0.2) is 0 Å². The van der Waals surface area contributed by atoms with Gasteiger partial charge in [0, 0.05) is 16.6 Å². The van der Waals surface area contributed by atoms with Crippen LogP contribution in [0, 0.1) is 5.95 Å². The van der Waals surface area contributed by atoms with E-state index in [1.54, 1.807) is 18.2 Å². The van der Waals surface area contributed by atoms with Crippen LogP contribution < -0.4 is 10.6 Å². The van der Waals surface area contributed by atoms with Crippen molar-refractivity contribution in [2.24, 2.45) is 0 Å². The van der Waals surface area contributed by atoms with Gasteiger partial charge in [-0.05, 0) is 29.8 Å². The molecule has 0 radical (unpaired) electrons. The lowest BCUT2D eigenvalue weighted by Gasteiger charge is -2.08. The van der Waals surface area contributed by atoms with E-state index < -0.39 is 12.0 Å². The van der Waals surface area contributed by atoms with Crippen molar-refractivity contribution in [3.05, 3.63) is 58.1 Å². The first-order chi connectivity index (χ1) is 9.54. The Morgan fingerprint density at radius 1 is 1.25 bits per heavy atom. The van der Waals surface area contributed by atoms with Gasteiger partial charge >= 0.3 is 6.03 Å². The van der Waals surface area contributed by atoms with Crippen LogP contribution in [0.25, 0.3) is 0 Å². The molecule has 0 aliphatic rings. The van der Waals surface area contributed by atoms with Crippen LogP contribution in [0.5, 0.6) is 0 Å². The lowest BCUT2D eigenvalue weighted by atomic mass is 10.2. The number of pyridine rings is 1. The molecule has 1 heterocycles. The molecule has 4 nitrogen and oxygen atoms in total. The zero-order chi connectivity index (χ0) is 14.5. The van der Waals surface area contributed by atoms with Gasteiger partial charge in [0.05, 0.1) is 11.9 Å². The number of halogens is 3. The standard InChI is InChI=1S/C13H10Cl2FN3O/c14-9-2-1-8(11(15)5-9)6-18-13(20)19-10-3-4-12(16)17-7-10/h1-5,7H,6H2,(H2,18,19,20). The molecule has 0 unspecified atom stereocenters. The van der Waals surface area contributed by atoms with Gasteiger partial charge in [-0.3, -0.25) is 0 Å². The van der Waals surface area contributed by atoms with Gasteiger partial charge in [-0.25, -0.2) is 9.78 Å². The number of aromatic nitrogens is 1. The van der Waals surface area contributed by atoms with Gasteiger partial charge in [0.2, 0.25) is 5.95 Å². The molecule has 20 heavy (non-hydrogen) atoms. The van der Waals surface area contributed by atoms with Gasteiger partial charge in [0.1, 0.15) is 0 Å². The van der Waals surface area contributed by atoms with E-state index in [1.165, 1.54) is 12.3 Å². The Bertz CT molecular complexity index is 620. The van der Waals surface area contributed by atoms with Crippen molar-refractivity contribution in [2.75, 3.05) is 5.32 Å². The smallest absolute Gasteiger partial charge is 0.319 e. The van der Waals surface area contributed by atoms with Gasteiger partial charge in [-0.1, -0.05) is 29.3 Å². The van der Waals surface area contributed by atoms with Crippen molar-refractivity contribution < 1.29 is 9.18 Å². The second-order valence-corrected chi connectivity index (χ2v) is 4.76. The van der Waals surface area contributed by atoms with E-state index in [-0.39, 0.29) is 6.54 Å². The van der Waals surface area contributed by atoms with E-state index in [2.05, 4.69) is 15.6 Å². The molecule has 0 atom stereocenters. The Hall–Kier alpha value is -1.85. The summed E-state index contributed by atoms with van der Waals surface area (Å²) < 4.78 is 12.6. The third-order valence-corrected chi connectivity index (χ3v) is 3.03. The summed E-state index contributed by atoms with van der Waals surface area (Å²) in [6.07, 6.45) is 1.23. The Morgan fingerprint density at radius 3 is 2.70 bits per heavy atom. The second-order valence-electron chi connectivity index (χ2n) is 3.91. The van der Waals surface area contributed by atoms with Gasteiger partial charge in [-0.2, -0.15) is 4.39 Å². The van der Waals surface area contributed by atoms with E-state index in [0.717, 1.165) is 11.6 Å². The fraction of sp³-hybridized carbons (Fsp3) is 0.0769. The molecular weight excluding hydrogens is 304 g/mol. The fourth-order valence-electron chi connectivity index (χ4n) is 1.47. The normalized spacial score (nSPS) is 10.2. The first-order valence-electron chi connectivity index (χ1n) is 5.65. The van der Waals surface area contributed by atoms with E-state index in [1.807, 2.05) is 0 Å². The van der Waals surface area contributed by atoms with Gasteiger partial charge in [0.25, 0.3) is 0 Å². The van der Waals surface area contributed by atoms with E-state index in [9.17, 15) is 9.18 Å². The molecule has 104 valence electrons. The quantitative estimate of drug-likeness (QED) is 0.846. The highest BCUT2D eigenvalue weighted by atomic mass is 35.5. The predicted molar refractivity (Wildman–Crippen MR) is 76.5 cm³/mol. The minimum Gasteiger partial charge on any atom is -0.334 e. The Kier molecular flexibility index (Phi) is 4.76. The average Bonchev–Trinajstić information content (AvgIpc) is 2.40. The molecule has 0 spiro atoms. The second kappa shape index (κ2) is 6.54. The SMILES string of the molecule is O=C(NCc1ccc(Cl)cc1Cl)Nc1ccc(F)nc1. The molecule has 0 aliphatic heterocycles. The molecule has 0 bridgehead atoms. The number of carbonyl (C=O) groups excluding carboxylic acids is 1. The van der Waals surface area contributed by atoms with Crippen molar-refractivity contribution in [1.29, 1.82) is 0 Å². The molecule has 2 aromatic rings. The summed E-state index contributed by atoms with van der Waals surface area (Å²) in [5.41, 5.74) is 1.13. The molecule has 0 saturated carbocycles. The minimum atomic E-state index is -0.607. The van der Waals surface area contributed by atoms with Crippen LogP contribution in [0.4, 0.5) is 14.9 Å². The zero-order valence-corrected chi connectivity index (χ0v) is 11.7. The number of hydrogen-bond acceptors (Lipinski definition) is 2. The number of nitrogens with one attached hydrogen (secondary N) is 2. The third kappa shape index (κ3) is 4.08. The fourth-order valence-corrected chi connectivity index (χ4v) is 1.94. The number of amides is 2. The molecular formula is C13H10Cl2FN3O. The highest BCUT2D eigenvalue weighted by Gasteiger charge is 2.05. The summed E-state index contributed by atoms with van der Waals surface area (Å²) in [6.45, 7) is 0.246.